The summed E-state index contributed by atoms with van der Waals surface area (Å²) in [5.41, 5.74) is 4.26. The standard InChI is InChI=1S/C31H28ClN5O2S/c1-21(29-33-25-9-5-6-10-26(25)34-29)37(30(38)22-7-3-2-4-8-22)24-13-11-23(12-14-24)35-17-19-36(20-18-35)31(39)27-15-16-28(32)40-27/h2-16,21H,17-20H2,1H3,(H,33,34). The van der Waals surface area contributed by atoms with E-state index >= 15 is 0 Å². The third-order valence-electron chi connectivity index (χ3n) is 7.27. The lowest BCUT2D eigenvalue weighted by atomic mass is 10.1. The van der Waals surface area contributed by atoms with E-state index < -0.39 is 0 Å². The van der Waals surface area contributed by atoms with Gasteiger partial charge in [0.25, 0.3) is 11.8 Å². The van der Waals surface area contributed by atoms with Crippen molar-refractivity contribution in [2.45, 2.75) is 13.0 Å². The van der Waals surface area contributed by atoms with Gasteiger partial charge in [0.05, 0.1) is 26.3 Å². The number of hydrogen-bond donors (Lipinski definition) is 1. The number of rotatable bonds is 6. The number of para-hydroxylation sites is 2. The monoisotopic (exact) mass is 569 g/mol. The number of piperazine rings is 1. The quantitative estimate of drug-likeness (QED) is 0.248. The van der Waals surface area contributed by atoms with E-state index in [9.17, 15) is 9.59 Å². The maximum atomic E-state index is 13.8. The molecule has 3 aromatic carbocycles. The Bertz CT molecular complexity index is 1610. The van der Waals surface area contributed by atoms with E-state index in [4.69, 9.17) is 16.6 Å². The highest BCUT2D eigenvalue weighted by Gasteiger charge is 2.28. The minimum absolute atomic E-state index is 0.0292. The summed E-state index contributed by atoms with van der Waals surface area (Å²) >= 11 is 7.33. The van der Waals surface area contributed by atoms with Crippen molar-refractivity contribution < 1.29 is 9.59 Å². The van der Waals surface area contributed by atoms with Gasteiger partial charge in [0.2, 0.25) is 0 Å². The molecular weight excluding hydrogens is 542 g/mol. The van der Waals surface area contributed by atoms with Gasteiger partial charge >= 0.3 is 0 Å². The number of amides is 2. The molecule has 0 saturated carbocycles. The largest absolute Gasteiger partial charge is 0.368 e. The van der Waals surface area contributed by atoms with E-state index in [0.29, 0.717) is 27.9 Å². The lowest BCUT2D eigenvalue weighted by molar-refractivity contribution is 0.0751. The molecule has 1 N–H and O–H groups in total. The number of aromatic nitrogens is 2. The van der Waals surface area contributed by atoms with Crippen LogP contribution in [0.1, 0.15) is 38.8 Å². The number of carbonyl (C=O) groups excluding carboxylic acids is 2. The molecule has 9 heteroatoms. The predicted octanol–water partition coefficient (Wildman–Crippen LogP) is 6.65. The Labute approximate surface area is 241 Å². The Morgan fingerprint density at radius 3 is 2.27 bits per heavy atom. The van der Waals surface area contributed by atoms with Crippen molar-refractivity contribution in [3.05, 3.63) is 112 Å². The number of anilines is 2. The molecule has 1 atom stereocenters. The highest BCUT2D eigenvalue weighted by Crippen LogP contribution is 2.31. The number of fused-ring (bicyclic) bond motifs is 1. The van der Waals surface area contributed by atoms with Crippen molar-refractivity contribution in [2.24, 2.45) is 0 Å². The second-order valence-corrected chi connectivity index (χ2v) is 11.5. The smallest absolute Gasteiger partial charge is 0.264 e. The Kier molecular flexibility index (Phi) is 7.28. The number of carbonyl (C=O) groups is 2. The van der Waals surface area contributed by atoms with Gasteiger partial charge in [0, 0.05) is 43.1 Å². The van der Waals surface area contributed by atoms with E-state index in [1.54, 1.807) is 17.0 Å². The minimum Gasteiger partial charge on any atom is -0.368 e. The molecule has 1 aliphatic rings. The topological polar surface area (TPSA) is 72.5 Å². The fourth-order valence-corrected chi connectivity index (χ4v) is 6.12. The van der Waals surface area contributed by atoms with E-state index in [1.165, 1.54) is 11.3 Å². The Morgan fingerprint density at radius 1 is 0.900 bits per heavy atom. The number of nitrogens with zero attached hydrogens (tertiary/aromatic N) is 4. The van der Waals surface area contributed by atoms with Crippen LogP contribution in [-0.4, -0.2) is 52.9 Å². The van der Waals surface area contributed by atoms with Crippen molar-refractivity contribution in [1.82, 2.24) is 14.9 Å². The lowest BCUT2D eigenvalue weighted by Gasteiger charge is -2.36. The molecule has 7 nitrogen and oxygen atoms in total. The molecule has 3 heterocycles. The zero-order valence-electron chi connectivity index (χ0n) is 22.0. The van der Waals surface area contributed by atoms with Crippen LogP contribution in [-0.2, 0) is 0 Å². The summed E-state index contributed by atoms with van der Waals surface area (Å²) in [7, 11) is 0. The van der Waals surface area contributed by atoms with Gasteiger partial charge in [-0.25, -0.2) is 4.98 Å². The van der Waals surface area contributed by atoms with Gasteiger partial charge < -0.3 is 14.8 Å². The molecule has 2 aromatic heterocycles. The van der Waals surface area contributed by atoms with Crippen molar-refractivity contribution in [3.8, 4) is 0 Å². The molecule has 1 fully saturated rings. The second kappa shape index (κ2) is 11.2. The zero-order valence-corrected chi connectivity index (χ0v) is 23.5. The highest BCUT2D eigenvalue weighted by atomic mass is 35.5. The summed E-state index contributed by atoms with van der Waals surface area (Å²) in [6.45, 7) is 4.72. The summed E-state index contributed by atoms with van der Waals surface area (Å²) in [4.78, 5) is 41.4. The van der Waals surface area contributed by atoms with Gasteiger partial charge in [-0.05, 0) is 67.6 Å². The summed E-state index contributed by atoms with van der Waals surface area (Å²) in [5, 5.41) is 0. The fraction of sp³-hybridized carbons (Fsp3) is 0.194. The Balaban J connectivity index is 1.22. The average Bonchev–Trinajstić information content (AvgIpc) is 3.64. The van der Waals surface area contributed by atoms with Crippen LogP contribution in [0, 0.1) is 0 Å². The van der Waals surface area contributed by atoms with Gasteiger partial charge in [0.1, 0.15) is 5.82 Å². The number of imidazole rings is 1. The van der Waals surface area contributed by atoms with Gasteiger partial charge in [-0.2, -0.15) is 0 Å². The predicted molar refractivity (Wildman–Crippen MR) is 162 cm³/mol. The second-order valence-electron chi connectivity index (χ2n) is 9.76. The molecule has 2 amide bonds. The van der Waals surface area contributed by atoms with E-state index in [-0.39, 0.29) is 17.9 Å². The molecule has 202 valence electrons. The SMILES string of the molecule is CC(c1nc2ccccc2[nH]1)N(C(=O)c1ccccc1)c1ccc(N2CCN(C(=O)c3ccc(Cl)s3)CC2)cc1. The third kappa shape index (κ3) is 5.20. The van der Waals surface area contributed by atoms with E-state index in [1.807, 2.05) is 90.7 Å². The van der Waals surface area contributed by atoms with Crippen LogP contribution in [0.3, 0.4) is 0 Å². The number of nitrogens with one attached hydrogen (secondary N) is 1. The molecule has 0 bridgehead atoms. The van der Waals surface area contributed by atoms with Gasteiger partial charge in [0.15, 0.2) is 0 Å². The molecule has 0 spiro atoms. The summed E-state index contributed by atoms with van der Waals surface area (Å²) in [6.07, 6.45) is 0. The lowest BCUT2D eigenvalue weighted by Crippen LogP contribution is -2.48. The third-order valence-corrected chi connectivity index (χ3v) is 8.49. The normalized spacial score (nSPS) is 14.3. The van der Waals surface area contributed by atoms with Gasteiger partial charge in [-0.1, -0.05) is 41.9 Å². The van der Waals surface area contributed by atoms with Crippen LogP contribution >= 0.6 is 22.9 Å². The maximum Gasteiger partial charge on any atom is 0.264 e. The number of H-pyrrole nitrogens is 1. The Hall–Kier alpha value is -4.14. The van der Waals surface area contributed by atoms with Crippen LogP contribution in [0.25, 0.3) is 11.0 Å². The van der Waals surface area contributed by atoms with Crippen LogP contribution in [0.4, 0.5) is 11.4 Å². The number of halogens is 1. The Morgan fingerprint density at radius 2 is 1.60 bits per heavy atom. The van der Waals surface area contributed by atoms with E-state index in [2.05, 4.69) is 9.88 Å². The number of hydrogen-bond acceptors (Lipinski definition) is 5. The molecule has 1 unspecified atom stereocenters. The first-order chi connectivity index (χ1) is 19.5. The van der Waals surface area contributed by atoms with Crippen LogP contribution in [0.5, 0.6) is 0 Å². The molecule has 5 aromatic rings. The summed E-state index contributed by atoms with van der Waals surface area (Å²) < 4.78 is 0.622. The minimum atomic E-state index is -0.328. The number of benzene rings is 3. The fourth-order valence-electron chi connectivity index (χ4n) is 5.11. The van der Waals surface area contributed by atoms with Crippen LogP contribution < -0.4 is 9.80 Å². The van der Waals surface area contributed by atoms with Gasteiger partial charge in [-0.3, -0.25) is 14.5 Å². The van der Waals surface area contributed by atoms with Crippen LogP contribution in [0.15, 0.2) is 91.0 Å². The van der Waals surface area contributed by atoms with Gasteiger partial charge in [-0.15, -0.1) is 11.3 Å². The summed E-state index contributed by atoms with van der Waals surface area (Å²) in [5.74, 6) is 0.658. The van der Waals surface area contributed by atoms with Crippen LogP contribution in [0.2, 0.25) is 4.34 Å². The molecule has 1 saturated heterocycles. The molecule has 40 heavy (non-hydrogen) atoms. The molecular formula is C31H28ClN5O2S. The highest BCUT2D eigenvalue weighted by molar-refractivity contribution is 7.17. The van der Waals surface area contributed by atoms with E-state index in [0.717, 1.165) is 41.3 Å². The number of aromatic amines is 1. The molecule has 0 aliphatic carbocycles. The van der Waals surface area contributed by atoms with Crippen molar-refractivity contribution in [2.75, 3.05) is 36.0 Å². The molecule has 6 rings (SSSR count). The first-order valence-corrected chi connectivity index (χ1v) is 14.4. The average molecular weight is 570 g/mol. The molecule has 1 aliphatic heterocycles. The maximum absolute atomic E-state index is 13.8. The first kappa shape index (κ1) is 26.1. The van der Waals surface area contributed by atoms with Crippen molar-refractivity contribution in [3.63, 3.8) is 0 Å². The van der Waals surface area contributed by atoms with Crippen molar-refractivity contribution >= 4 is 57.2 Å². The summed E-state index contributed by atoms with van der Waals surface area (Å²) in [6, 6.07) is 28.5. The van der Waals surface area contributed by atoms with Crippen molar-refractivity contribution in [1.29, 1.82) is 0 Å². The number of thiophene rings is 1. The molecule has 0 radical (unpaired) electrons. The zero-order chi connectivity index (χ0) is 27.6. The first-order valence-electron chi connectivity index (χ1n) is 13.2.